The molecule has 1 N–H and O–H groups in total. The molecule has 3 rings (SSSR count). The van der Waals surface area contributed by atoms with E-state index in [1.165, 1.54) is 23.5 Å². The number of nitrogens with zero attached hydrogens (tertiary/aromatic N) is 2. The van der Waals surface area contributed by atoms with E-state index in [9.17, 15) is 9.18 Å². The fourth-order valence-electron chi connectivity index (χ4n) is 2.18. The van der Waals surface area contributed by atoms with Crippen LogP contribution in [0.1, 0.15) is 15.4 Å². The van der Waals surface area contributed by atoms with E-state index in [0.717, 1.165) is 5.69 Å². The van der Waals surface area contributed by atoms with Gasteiger partial charge in [-0.15, -0.1) is 11.3 Å². The summed E-state index contributed by atoms with van der Waals surface area (Å²) in [6.45, 7) is 2.35. The van der Waals surface area contributed by atoms with Gasteiger partial charge < -0.3 is 10.1 Å². The van der Waals surface area contributed by atoms with Crippen LogP contribution in [0.4, 0.5) is 4.39 Å². The Bertz CT molecular complexity index is 868. The number of amides is 1. The second kappa shape index (κ2) is 7.85. The fourth-order valence-corrected chi connectivity index (χ4v) is 3.14. The molecule has 3 aromatic rings. The molecule has 0 fully saturated rings. The van der Waals surface area contributed by atoms with Gasteiger partial charge in [0.2, 0.25) is 0 Å². The zero-order valence-corrected chi connectivity index (χ0v) is 14.3. The van der Waals surface area contributed by atoms with E-state index in [2.05, 4.69) is 15.3 Å². The van der Waals surface area contributed by atoms with Crippen LogP contribution in [-0.4, -0.2) is 29.0 Å². The number of aromatic nitrogens is 2. The van der Waals surface area contributed by atoms with Gasteiger partial charge in [-0.3, -0.25) is 9.78 Å². The second-order valence-electron chi connectivity index (χ2n) is 5.21. The Morgan fingerprint density at radius 1 is 1.28 bits per heavy atom. The summed E-state index contributed by atoms with van der Waals surface area (Å²) in [5.41, 5.74) is 1.40. The highest BCUT2D eigenvalue weighted by Gasteiger charge is 2.16. The van der Waals surface area contributed by atoms with Gasteiger partial charge in [-0.25, -0.2) is 9.37 Å². The molecule has 0 saturated heterocycles. The SMILES string of the molecule is Cc1nc(-c2ccccn2)sc1C(=O)NCCOc1cccc(F)c1. The van der Waals surface area contributed by atoms with E-state index in [0.29, 0.717) is 27.9 Å². The maximum atomic E-state index is 13.1. The molecule has 2 aromatic heterocycles. The predicted molar refractivity (Wildman–Crippen MR) is 94.3 cm³/mol. The Hall–Kier alpha value is -2.80. The molecule has 128 valence electrons. The van der Waals surface area contributed by atoms with Crippen molar-refractivity contribution in [3.63, 3.8) is 0 Å². The Kier molecular flexibility index (Phi) is 5.35. The van der Waals surface area contributed by atoms with Crippen molar-refractivity contribution in [2.24, 2.45) is 0 Å². The average molecular weight is 357 g/mol. The summed E-state index contributed by atoms with van der Waals surface area (Å²) in [5.74, 6) is -0.135. The number of aryl methyl sites for hydroxylation is 1. The van der Waals surface area contributed by atoms with Gasteiger partial charge in [0.15, 0.2) is 0 Å². The number of carbonyl (C=O) groups is 1. The summed E-state index contributed by atoms with van der Waals surface area (Å²) in [5, 5.41) is 3.49. The van der Waals surface area contributed by atoms with E-state index in [1.807, 2.05) is 18.2 Å². The van der Waals surface area contributed by atoms with Crippen molar-refractivity contribution in [2.75, 3.05) is 13.2 Å². The quantitative estimate of drug-likeness (QED) is 0.686. The molecule has 0 atom stereocenters. The Balaban J connectivity index is 1.56. The lowest BCUT2D eigenvalue weighted by Gasteiger charge is -2.07. The Labute approximate surface area is 148 Å². The Morgan fingerprint density at radius 2 is 2.16 bits per heavy atom. The van der Waals surface area contributed by atoms with Crippen molar-refractivity contribution in [3.8, 4) is 16.5 Å². The maximum Gasteiger partial charge on any atom is 0.263 e. The molecule has 0 unspecified atom stereocenters. The standard InChI is InChI=1S/C18H16FN3O2S/c1-12-16(25-18(22-12)15-7-2-3-8-20-15)17(23)21-9-10-24-14-6-4-5-13(19)11-14/h2-8,11H,9-10H2,1H3,(H,21,23). The number of halogens is 1. The lowest BCUT2D eigenvalue weighted by atomic mass is 10.3. The molecule has 7 heteroatoms. The smallest absolute Gasteiger partial charge is 0.263 e. The minimum atomic E-state index is -0.358. The number of nitrogens with one attached hydrogen (secondary N) is 1. The van der Waals surface area contributed by atoms with Crippen LogP contribution in [0.25, 0.3) is 10.7 Å². The van der Waals surface area contributed by atoms with Crippen LogP contribution in [0.5, 0.6) is 5.75 Å². The number of hydrogen-bond donors (Lipinski definition) is 1. The van der Waals surface area contributed by atoms with Crippen LogP contribution in [0.2, 0.25) is 0 Å². The molecular weight excluding hydrogens is 341 g/mol. The fraction of sp³-hybridized carbons (Fsp3) is 0.167. The molecule has 0 aliphatic rings. The number of rotatable bonds is 6. The van der Waals surface area contributed by atoms with Gasteiger partial charge in [0, 0.05) is 12.3 Å². The maximum absolute atomic E-state index is 13.1. The first-order valence-corrected chi connectivity index (χ1v) is 8.50. The van der Waals surface area contributed by atoms with Gasteiger partial charge in [0.05, 0.1) is 17.9 Å². The number of pyridine rings is 1. The van der Waals surface area contributed by atoms with Crippen molar-refractivity contribution in [2.45, 2.75) is 6.92 Å². The molecule has 25 heavy (non-hydrogen) atoms. The number of ether oxygens (including phenoxy) is 1. The summed E-state index contributed by atoms with van der Waals surface area (Å²) < 4.78 is 18.5. The third kappa shape index (κ3) is 4.39. The van der Waals surface area contributed by atoms with Crippen LogP contribution < -0.4 is 10.1 Å². The third-order valence-corrected chi connectivity index (χ3v) is 4.52. The van der Waals surface area contributed by atoms with E-state index < -0.39 is 0 Å². The van der Waals surface area contributed by atoms with E-state index >= 15 is 0 Å². The zero-order valence-electron chi connectivity index (χ0n) is 13.5. The number of hydrogen-bond acceptors (Lipinski definition) is 5. The molecule has 5 nitrogen and oxygen atoms in total. The van der Waals surface area contributed by atoms with Crippen molar-refractivity contribution >= 4 is 17.2 Å². The van der Waals surface area contributed by atoms with Crippen LogP contribution in [0.15, 0.2) is 48.7 Å². The normalized spacial score (nSPS) is 10.5. The largest absolute Gasteiger partial charge is 0.492 e. The molecule has 0 spiro atoms. The van der Waals surface area contributed by atoms with E-state index in [4.69, 9.17) is 4.74 Å². The van der Waals surface area contributed by atoms with Crippen LogP contribution in [-0.2, 0) is 0 Å². The van der Waals surface area contributed by atoms with Crippen LogP contribution in [0, 0.1) is 12.7 Å². The molecule has 0 saturated carbocycles. The summed E-state index contributed by atoms with van der Waals surface area (Å²) in [6, 6.07) is 11.4. The molecule has 0 aliphatic heterocycles. The molecule has 0 bridgehead atoms. The highest BCUT2D eigenvalue weighted by atomic mass is 32.1. The summed E-state index contributed by atoms with van der Waals surface area (Å²) in [4.78, 5) is 21.5. The molecule has 2 heterocycles. The predicted octanol–water partition coefficient (Wildman–Crippen LogP) is 3.46. The first-order chi connectivity index (χ1) is 12.1. The number of thiazole rings is 1. The molecule has 1 amide bonds. The van der Waals surface area contributed by atoms with Crippen molar-refractivity contribution < 1.29 is 13.9 Å². The molecule has 0 aliphatic carbocycles. The molecular formula is C18H16FN3O2S. The van der Waals surface area contributed by atoms with Gasteiger partial charge in [-0.1, -0.05) is 12.1 Å². The molecule has 1 aromatic carbocycles. The van der Waals surface area contributed by atoms with Crippen LogP contribution in [0.3, 0.4) is 0 Å². The minimum Gasteiger partial charge on any atom is -0.492 e. The van der Waals surface area contributed by atoms with E-state index in [-0.39, 0.29) is 18.3 Å². The summed E-state index contributed by atoms with van der Waals surface area (Å²) in [7, 11) is 0. The van der Waals surface area contributed by atoms with Gasteiger partial charge in [-0.05, 0) is 31.2 Å². The van der Waals surface area contributed by atoms with Gasteiger partial charge in [-0.2, -0.15) is 0 Å². The molecule has 0 radical (unpaired) electrons. The third-order valence-electron chi connectivity index (χ3n) is 3.34. The first kappa shape index (κ1) is 17.0. The van der Waals surface area contributed by atoms with Gasteiger partial charge in [0.25, 0.3) is 5.91 Å². The lowest BCUT2D eigenvalue weighted by molar-refractivity contribution is 0.0950. The lowest BCUT2D eigenvalue weighted by Crippen LogP contribution is -2.27. The zero-order chi connectivity index (χ0) is 17.6. The highest BCUT2D eigenvalue weighted by Crippen LogP contribution is 2.26. The van der Waals surface area contributed by atoms with Crippen LogP contribution >= 0.6 is 11.3 Å². The van der Waals surface area contributed by atoms with Gasteiger partial charge in [0.1, 0.15) is 28.1 Å². The van der Waals surface area contributed by atoms with Crippen molar-refractivity contribution in [3.05, 3.63) is 65.0 Å². The Morgan fingerprint density at radius 3 is 2.92 bits per heavy atom. The average Bonchev–Trinajstić information content (AvgIpc) is 3.01. The summed E-state index contributed by atoms with van der Waals surface area (Å²) >= 11 is 1.30. The van der Waals surface area contributed by atoms with Crippen molar-refractivity contribution in [1.82, 2.24) is 15.3 Å². The first-order valence-electron chi connectivity index (χ1n) is 7.69. The topological polar surface area (TPSA) is 64.1 Å². The monoisotopic (exact) mass is 357 g/mol. The minimum absolute atomic E-state index is 0.208. The highest BCUT2D eigenvalue weighted by molar-refractivity contribution is 7.17. The van der Waals surface area contributed by atoms with E-state index in [1.54, 1.807) is 25.3 Å². The second-order valence-corrected chi connectivity index (χ2v) is 6.21. The summed E-state index contributed by atoms with van der Waals surface area (Å²) in [6.07, 6.45) is 1.69. The number of benzene rings is 1. The van der Waals surface area contributed by atoms with Crippen molar-refractivity contribution in [1.29, 1.82) is 0 Å². The van der Waals surface area contributed by atoms with Gasteiger partial charge >= 0.3 is 0 Å². The number of carbonyl (C=O) groups excluding carboxylic acids is 1.